The number of rotatable bonds is 12. The van der Waals surface area contributed by atoms with Gasteiger partial charge in [0.25, 0.3) is 6.33 Å². The van der Waals surface area contributed by atoms with Crippen LogP contribution in [0.3, 0.4) is 0 Å². The first-order valence-electron chi connectivity index (χ1n) is 14.1. The van der Waals surface area contributed by atoms with Crippen LogP contribution >= 0.6 is 0 Å². The summed E-state index contributed by atoms with van der Waals surface area (Å²) in [6, 6.07) is 8.34. The summed E-state index contributed by atoms with van der Waals surface area (Å²) < 4.78 is 43.1. The first-order chi connectivity index (χ1) is 22.0. The van der Waals surface area contributed by atoms with Gasteiger partial charge in [0.1, 0.15) is 36.7 Å². The Bertz CT molecular complexity index is 1690. The summed E-state index contributed by atoms with van der Waals surface area (Å²) >= 11 is 0. The third kappa shape index (κ3) is 7.95. The number of aromatic nitrogens is 7. The number of benzene rings is 2. The van der Waals surface area contributed by atoms with Gasteiger partial charge in [0.2, 0.25) is 19.0 Å². The van der Waals surface area contributed by atoms with Gasteiger partial charge in [0.15, 0.2) is 0 Å². The van der Waals surface area contributed by atoms with E-state index in [0.29, 0.717) is 17.4 Å². The Morgan fingerprint density at radius 2 is 1.87 bits per heavy atom. The summed E-state index contributed by atoms with van der Waals surface area (Å²) in [6.45, 7) is 2.78. The number of hydrogen-bond acceptors (Lipinski definition) is 10. The smallest absolute Gasteiger partial charge is 0.511 e. The molecular weight excluding hydrogens is 646 g/mol. The Morgan fingerprint density at radius 3 is 2.55 bits per heavy atom. The molecule has 3 heterocycles. The maximum Gasteiger partial charge on any atom is 0.511 e. The molecule has 0 unspecified atom stereocenters. The van der Waals surface area contributed by atoms with Gasteiger partial charge < -0.3 is 37.2 Å². The number of amides is 3. The van der Waals surface area contributed by atoms with Crippen LogP contribution in [-0.4, -0.2) is 90.4 Å². The fraction of sp³-hybridized carbons (Fsp3) is 0.357. The normalized spacial score (nSPS) is 14.7. The molecule has 2 aromatic carbocycles. The molecule has 5 rings (SSSR count). The molecule has 1 fully saturated rings. The van der Waals surface area contributed by atoms with Gasteiger partial charge in [-0.3, -0.25) is 9.69 Å². The van der Waals surface area contributed by atoms with Gasteiger partial charge in [-0.2, -0.15) is 0 Å². The number of aliphatic hydroxyl groups is 1. The lowest BCUT2D eigenvalue weighted by molar-refractivity contribution is -0.728. The molecule has 0 saturated carbocycles. The quantitative estimate of drug-likeness (QED) is 0.0961. The third-order valence-electron chi connectivity index (χ3n) is 7.43. The fourth-order valence-corrected chi connectivity index (χ4v) is 5.05. The van der Waals surface area contributed by atoms with Gasteiger partial charge in [-0.05, 0) is 47.7 Å². The third-order valence-corrected chi connectivity index (χ3v) is 7.43. The maximum absolute atomic E-state index is 15.2. The molecule has 0 radical (unpaired) electrons. The van der Waals surface area contributed by atoms with E-state index in [1.54, 1.807) is 31.2 Å². The molecule has 1 aliphatic rings. The molecule has 1 aliphatic heterocycles. The van der Waals surface area contributed by atoms with E-state index in [-0.39, 0.29) is 63.4 Å². The molecule has 0 spiro atoms. The molecule has 0 aliphatic carbocycles. The number of urea groups is 1. The van der Waals surface area contributed by atoms with Gasteiger partial charge in [-0.1, -0.05) is 6.07 Å². The molecule has 2 N–H and O–H groups in total. The first kappa shape index (κ1) is 34.6. The second-order valence-corrected chi connectivity index (χ2v) is 10.4. The van der Waals surface area contributed by atoms with E-state index in [9.17, 15) is 23.9 Å². The number of tetrazole rings is 1. The van der Waals surface area contributed by atoms with Gasteiger partial charge in [-0.15, -0.1) is 9.78 Å². The largest absolute Gasteiger partial charge is 1.00 e. The predicted molar refractivity (Wildman–Crippen MR) is 152 cm³/mol. The zero-order chi connectivity index (χ0) is 32.8. The van der Waals surface area contributed by atoms with Crippen LogP contribution in [0, 0.1) is 11.6 Å². The fourth-order valence-electron chi connectivity index (χ4n) is 5.05. The SMILES string of the molecule is CC(=O)NCCOC(=O)OC[n+]1cnn(C[C@@](O)(c2ccc(F)cc2F)[C@@H](C)N2CCN(c3ccc(-n4cnnn4)cc3)C2=O)c1.[Cl-]. The minimum Gasteiger partial charge on any atom is -1.00 e. The number of nitrogens with one attached hydrogen (secondary N) is 1. The maximum atomic E-state index is 15.2. The summed E-state index contributed by atoms with van der Waals surface area (Å²) in [4.78, 5) is 39.3. The van der Waals surface area contributed by atoms with Crippen molar-refractivity contribution < 1.29 is 54.7 Å². The molecular formula is C28H31ClF2N10O6. The van der Waals surface area contributed by atoms with E-state index in [1.165, 1.54) is 49.6 Å². The van der Waals surface area contributed by atoms with Crippen molar-refractivity contribution in [3.05, 3.63) is 78.6 Å². The average molecular weight is 677 g/mol. The average Bonchev–Trinajstić information content (AvgIpc) is 3.80. The van der Waals surface area contributed by atoms with E-state index in [0.717, 1.165) is 12.1 Å². The van der Waals surface area contributed by atoms with Gasteiger partial charge in [0.05, 0.1) is 18.3 Å². The van der Waals surface area contributed by atoms with Crippen molar-refractivity contribution in [2.45, 2.75) is 38.8 Å². The Morgan fingerprint density at radius 1 is 1.13 bits per heavy atom. The molecule has 19 heteroatoms. The zero-order valence-corrected chi connectivity index (χ0v) is 26.0. The molecule has 2 aromatic heterocycles. The van der Waals surface area contributed by atoms with Crippen molar-refractivity contribution >= 4 is 23.8 Å². The highest BCUT2D eigenvalue weighted by atomic mass is 35.5. The van der Waals surface area contributed by atoms with E-state index >= 15 is 4.39 Å². The lowest BCUT2D eigenvalue weighted by Crippen LogP contribution is -3.00. The van der Waals surface area contributed by atoms with E-state index in [1.807, 2.05) is 0 Å². The van der Waals surface area contributed by atoms with E-state index in [2.05, 4.69) is 25.9 Å². The van der Waals surface area contributed by atoms with Crippen LogP contribution in [-0.2, 0) is 33.1 Å². The Hall–Kier alpha value is -5.23. The standard InChI is InChI=1S/C28H30F2N10O6.ClH/c1-19(38-10-11-39(26(38)42)22-4-6-23(7-5-22)40-15-32-34-35-40)28(44,24-8-3-21(29)13-25(24)30)14-37-17-36(16-33-37)18-46-27(43)45-12-9-31-20(2)41;/h3-8,13,15-17,19,44H,9-12,14,18H2,1-2H3;1H/t19-,28+;/m1./s1. The number of anilines is 1. The molecule has 250 valence electrons. The molecule has 16 nitrogen and oxygen atoms in total. The molecule has 0 bridgehead atoms. The van der Waals surface area contributed by atoms with Crippen molar-refractivity contribution in [3.63, 3.8) is 0 Å². The van der Waals surface area contributed by atoms with E-state index in [4.69, 9.17) is 9.47 Å². The highest BCUT2D eigenvalue weighted by Crippen LogP contribution is 2.35. The first-order valence-corrected chi connectivity index (χ1v) is 14.1. The lowest BCUT2D eigenvalue weighted by Gasteiger charge is -2.38. The van der Waals surface area contributed by atoms with Crippen LogP contribution in [0.15, 0.2) is 61.4 Å². The number of carbonyl (C=O) groups is 3. The lowest BCUT2D eigenvalue weighted by atomic mass is 9.85. The van der Waals surface area contributed by atoms with Gasteiger partial charge in [0, 0.05) is 42.4 Å². The summed E-state index contributed by atoms with van der Waals surface area (Å²) in [5.41, 5.74) is -1.04. The van der Waals surface area contributed by atoms with Crippen molar-refractivity contribution in [1.82, 2.24) is 40.2 Å². The highest BCUT2D eigenvalue weighted by Gasteiger charge is 2.47. The highest BCUT2D eigenvalue weighted by molar-refractivity contribution is 5.94. The second kappa shape index (κ2) is 14.9. The molecule has 4 aromatic rings. The monoisotopic (exact) mass is 676 g/mol. The Balaban J connectivity index is 0.00000500. The molecule has 1 saturated heterocycles. The topological polar surface area (TPSA) is 174 Å². The van der Waals surface area contributed by atoms with E-state index < -0.39 is 35.5 Å². The number of ether oxygens (including phenoxy) is 2. The van der Waals surface area contributed by atoms with Crippen LogP contribution in [0.2, 0.25) is 0 Å². The number of hydrogen-bond donors (Lipinski definition) is 2. The van der Waals surface area contributed by atoms with Gasteiger partial charge in [-0.25, -0.2) is 27.6 Å². The summed E-state index contributed by atoms with van der Waals surface area (Å²) in [5.74, 6) is -2.10. The van der Waals surface area contributed by atoms with Crippen molar-refractivity contribution in [3.8, 4) is 5.69 Å². The van der Waals surface area contributed by atoms with Crippen LogP contribution in [0.5, 0.6) is 0 Å². The summed E-state index contributed by atoms with van der Waals surface area (Å²) in [7, 11) is 0. The minimum absolute atomic E-state index is 0. The number of halogens is 3. The van der Waals surface area contributed by atoms with Crippen LogP contribution in [0.25, 0.3) is 5.69 Å². The molecule has 47 heavy (non-hydrogen) atoms. The summed E-state index contributed by atoms with van der Waals surface area (Å²) in [6.07, 6.45) is 3.16. The zero-order valence-electron chi connectivity index (χ0n) is 25.2. The van der Waals surface area contributed by atoms with Crippen LogP contribution < -0.4 is 27.2 Å². The molecule has 2 atom stereocenters. The predicted octanol–water partition coefficient (Wildman–Crippen LogP) is -2.11. The van der Waals surface area contributed by atoms with Crippen molar-refractivity contribution in [2.75, 3.05) is 31.1 Å². The Labute approximate surface area is 272 Å². The summed E-state index contributed by atoms with van der Waals surface area (Å²) in [5, 5.41) is 29.9. The minimum atomic E-state index is -2.08. The number of carbonyl (C=O) groups excluding carboxylic acids is 3. The number of nitrogens with zero attached hydrogens (tertiary/aromatic N) is 9. The van der Waals surface area contributed by atoms with Crippen molar-refractivity contribution in [1.29, 1.82) is 0 Å². The van der Waals surface area contributed by atoms with Crippen molar-refractivity contribution in [2.24, 2.45) is 0 Å². The second-order valence-electron chi connectivity index (χ2n) is 10.4. The van der Waals surface area contributed by atoms with Crippen LogP contribution in [0.4, 0.5) is 24.1 Å². The molecule has 3 amide bonds. The van der Waals surface area contributed by atoms with Gasteiger partial charge >= 0.3 is 12.2 Å². The van der Waals surface area contributed by atoms with Crippen LogP contribution in [0.1, 0.15) is 19.4 Å². The Kier molecular flexibility index (Phi) is 11.0.